The molecule has 2 nitrogen and oxygen atoms in total. The lowest BCUT2D eigenvalue weighted by atomic mass is 10.2. The van der Waals surface area contributed by atoms with Crippen molar-refractivity contribution in [1.29, 1.82) is 0 Å². The predicted molar refractivity (Wildman–Crippen MR) is 41.9 cm³/mol. The van der Waals surface area contributed by atoms with E-state index in [4.69, 9.17) is 5.11 Å². The Hall–Kier alpha value is -0.0800. The molecule has 2 heteroatoms. The van der Waals surface area contributed by atoms with E-state index in [0.717, 1.165) is 12.5 Å². The average molecular weight is 143 g/mol. The smallest absolute Gasteiger partial charge is 0.0636 e. The van der Waals surface area contributed by atoms with Crippen molar-refractivity contribution in [3.63, 3.8) is 0 Å². The van der Waals surface area contributed by atoms with Crippen LogP contribution in [-0.4, -0.2) is 23.8 Å². The Morgan fingerprint density at radius 3 is 2.50 bits per heavy atom. The molecule has 0 aromatic heterocycles. The normalized spacial score (nSPS) is 24.3. The van der Waals surface area contributed by atoms with Crippen LogP contribution in [0.1, 0.15) is 26.7 Å². The zero-order chi connectivity index (χ0) is 7.56. The summed E-state index contributed by atoms with van der Waals surface area (Å²) in [6.07, 6.45) is 2.53. The maximum absolute atomic E-state index is 8.94. The van der Waals surface area contributed by atoms with Gasteiger partial charge >= 0.3 is 0 Å². The van der Waals surface area contributed by atoms with Crippen LogP contribution in [0, 0.1) is 5.92 Å². The van der Waals surface area contributed by atoms with E-state index >= 15 is 0 Å². The van der Waals surface area contributed by atoms with E-state index in [0.29, 0.717) is 6.04 Å². The van der Waals surface area contributed by atoms with Gasteiger partial charge in [-0.2, -0.15) is 0 Å². The zero-order valence-electron chi connectivity index (χ0n) is 6.80. The average Bonchev–Trinajstić information content (AvgIpc) is 2.63. The van der Waals surface area contributed by atoms with Gasteiger partial charge in [0.05, 0.1) is 6.10 Å². The fraction of sp³-hybridized carbons (Fsp3) is 1.00. The minimum absolute atomic E-state index is 0.207. The van der Waals surface area contributed by atoms with Crippen molar-refractivity contribution in [2.45, 2.75) is 38.8 Å². The van der Waals surface area contributed by atoms with Crippen molar-refractivity contribution < 1.29 is 5.11 Å². The van der Waals surface area contributed by atoms with Crippen LogP contribution in [0.25, 0.3) is 0 Å². The van der Waals surface area contributed by atoms with Crippen LogP contribution in [0.4, 0.5) is 0 Å². The van der Waals surface area contributed by atoms with Crippen LogP contribution in [0.5, 0.6) is 0 Å². The maximum Gasteiger partial charge on any atom is 0.0636 e. The molecule has 0 amide bonds. The predicted octanol–water partition coefficient (Wildman–Crippen LogP) is 0.755. The van der Waals surface area contributed by atoms with Crippen molar-refractivity contribution >= 4 is 0 Å². The second-order valence-electron chi connectivity index (χ2n) is 3.38. The van der Waals surface area contributed by atoms with E-state index in [1.807, 2.05) is 6.92 Å². The molecule has 0 radical (unpaired) electrons. The lowest BCUT2D eigenvalue weighted by Crippen LogP contribution is -2.33. The lowest BCUT2D eigenvalue weighted by Gasteiger charge is -2.13. The van der Waals surface area contributed by atoms with Gasteiger partial charge in [0.1, 0.15) is 0 Å². The topological polar surface area (TPSA) is 32.3 Å². The Balaban J connectivity index is 2.00. The molecule has 0 heterocycles. The lowest BCUT2D eigenvalue weighted by molar-refractivity contribution is 0.185. The van der Waals surface area contributed by atoms with Crippen LogP contribution in [0.15, 0.2) is 0 Å². The van der Waals surface area contributed by atoms with Gasteiger partial charge in [-0.3, -0.25) is 0 Å². The van der Waals surface area contributed by atoms with Crippen molar-refractivity contribution in [3.8, 4) is 0 Å². The first-order chi connectivity index (χ1) is 4.70. The van der Waals surface area contributed by atoms with Gasteiger partial charge in [0.15, 0.2) is 0 Å². The number of nitrogens with one attached hydrogen (secondary N) is 1. The minimum atomic E-state index is -0.207. The largest absolute Gasteiger partial charge is 0.392 e. The number of aliphatic hydroxyl groups excluding tert-OH is 1. The Kier molecular flexibility index (Phi) is 2.69. The first-order valence-electron chi connectivity index (χ1n) is 4.11. The van der Waals surface area contributed by atoms with Gasteiger partial charge in [0.2, 0.25) is 0 Å². The molecule has 1 aliphatic carbocycles. The van der Waals surface area contributed by atoms with Crippen molar-refractivity contribution in [1.82, 2.24) is 5.32 Å². The van der Waals surface area contributed by atoms with Crippen molar-refractivity contribution in [2.75, 3.05) is 6.54 Å². The third kappa shape index (κ3) is 2.67. The molecule has 0 bridgehead atoms. The molecule has 1 fully saturated rings. The highest BCUT2D eigenvalue weighted by Gasteiger charge is 2.27. The van der Waals surface area contributed by atoms with Crippen LogP contribution < -0.4 is 5.32 Å². The van der Waals surface area contributed by atoms with Gasteiger partial charge in [-0.05, 0) is 32.6 Å². The van der Waals surface area contributed by atoms with E-state index in [2.05, 4.69) is 12.2 Å². The number of rotatable bonds is 4. The van der Waals surface area contributed by atoms with Crippen molar-refractivity contribution in [2.24, 2.45) is 5.92 Å². The molecule has 1 rings (SSSR count). The molecule has 0 aliphatic heterocycles. The Morgan fingerprint density at radius 2 is 2.10 bits per heavy atom. The highest BCUT2D eigenvalue weighted by atomic mass is 16.3. The number of hydrogen-bond acceptors (Lipinski definition) is 2. The molecular weight excluding hydrogens is 126 g/mol. The first kappa shape index (κ1) is 8.02. The molecule has 0 aromatic carbocycles. The minimum Gasteiger partial charge on any atom is -0.392 e. The quantitative estimate of drug-likeness (QED) is 0.609. The van der Waals surface area contributed by atoms with Crippen molar-refractivity contribution in [3.05, 3.63) is 0 Å². The molecule has 2 atom stereocenters. The maximum atomic E-state index is 8.94. The molecule has 1 unspecified atom stereocenters. The number of hydrogen-bond donors (Lipinski definition) is 2. The Bertz CT molecular complexity index is 99.4. The van der Waals surface area contributed by atoms with Crippen LogP contribution in [-0.2, 0) is 0 Å². The molecule has 1 aliphatic rings. The Labute approximate surface area is 62.6 Å². The van der Waals surface area contributed by atoms with E-state index < -0.39 is 0 Å². The summed E-state index contributed by atoms with van der Waals surface area (Å²) in [4.78, 5) is 0. The standard InChI is InChI=1S/C8H17NO/c1-6(10)5-9-7(2)8-3-4-8/h6-10H,3-5H2,1-2H3/t6-,7?/m1/s1. The summed E-state index contributed by atoms with van der Waals surface area (Å²) in [6.45, 7) is 4.74. The van der Waals surface area contributed by atoms with E-state index in [9.17, 15) is 0 Å². The number of aliphatic hydroxyl groups is 1. The summed E-state index contributed by atoms with van der Waals surface area (Å²) in [5.74, 6) is 0.888. The van der Waals surface area contributed by atoms with Gasteiger partial charge in [-0.25, -0.2) is 0 Å². The summed E-state index contributed by atoms with van der Waals surface area (Å²) in [5, 5.41) is 12.2. The van der Waals surface area contributed by atoms with Gasteiger partial charge in [-0.15, -0.1) is 0 Å². The third-order valence-electron chi connectivity index (χ3n) is 2.06. The first-order valence-corrected chi connectivity index (χ1v) is 4.11. The zero-order valence-corrected chi connectivity index (χ0v) is 6.80. The summed E-state index contributed by atoms with van der Waals surface area (Å²) >= 11 is 0. The molecule has 1 saturated carbocycles. The van der Waals surface area contributed by atoms with Gasteiger partial charge in [0.25, 0.3) is 0 Å². The molecule has 2 N–H and O–H groups in total. The van der Waals surface area contributed by atoms with Gasteiger partial charge in [0, 0.05) is 12.6 Å². The summed E-state index contributed by atoms with van der Waals surface area (Å²) in [7, 11) is 0. The molecule has 0 saturated heterocycles. The third-order valence-corrected chi connectivity index (χ3v) is 2.06. The summed E-state index contributed by atoms with van der Waals surface area (Å²) in [6, 6.07) is 0.606. The summed E-state index contributed by atoms with van der Waals surface area (Å²) in [5.41, 5.74) is 0. The second-order valence-corrected chi connectivity index (χ2v) is 3.38. The Morgan fingerprint density at radius 1 is 1.50 bits per heavy atom. The molecule has 10 heavy (non-hydrogen) atoms. The second kappa shape index (κ2) is 3.35. The SMILES string of the molecule is CC(NC[C@@H](C)O)C1CC1. The van der Waals surface area contributed by atoms with Crippen LogP contribution >= 0.6 is 0 Å². The highest BCUT2D eigenvalue weighted by Crippen LogP contribution is 2.32. The fourth-order valence-electron chi connectivity index (χ4n) is 1.12. The fourth-order valence-corrected chi connectivity index (χ4v) is 1.12. The monoisotopic (exact) mass is 143 g/mol. The molecule has 0 spiro atoms. The molecule has 0 aromatic rings. The molecule has 60 valence electrons. The van der Waals surface area contributed by atoms with E-state index in [-0.39, 0.29) is 6.10 Å². The highest BCUT2D eigenvalue weighted by molar-refractivity contribution is 4.83. The van der Waals surface area contributed by atoms with Gasteiger partial charge < -0.3 is 10.4 Å². The van der Waals surface area contributed by atoms with Gasteiger partial charge in [-0.1, -0.05) is 0 Å². The van der Waals surface area contributed by atoms with Crippen LogP contribution in [0.3, 0.4) is 0 Å². The van der Waals surface area contributed by atoms with E-state index in [1.54, 1.807) is 0 Å². The van der Waals surface area contributed by atoms with Crippen LogP contribution in [0.2, 0.25) is 0 Å². The van der Waals surface area contributed by atoms with E-state index in [1.165, 1.54) is 12.8 Å². The summed E-state index contributed by atoms with van der Waals surface area (Å²) < 4.78 is 0. The molecular formula is C8H17NO.